The smallest absolute Gasteiger partial charge is 0.322 e. The molecule has 1 aliphatic rings. The van der Waals surface area contributed by atoms with E-state index < -0.39 is 0 Å². The summed E-state index contributed by atoms with van der Waals surface area (Å²) in [6.45, 7) is 8.18. The molecule has 0 bridgehead atoms. The van der Waals surface area contributed by atoms with Gasteiger partial charge < -0.3 is 15.1 Å². The number of aromatic nitrogens is 2. The molecule has 3 aromatic rings. The van der Waals surface area contributed by atoms with Crippen LogP contribution in [-0.2, 0) is 13.0 Å². The van der Waals surface area contributed by atoms with E-state index >= 15 is 0 Å². The highest BCUT2D eigenvalue weighted by Crippen LogP contribution is 2.29. The summed E-state index contributed by atoms with van der Waals surface area (Å²) in [5.41, 5.74) is 6.26. The Balaban J connectivity index is 1.61. The van der Waals surface area contributed by atoms with Crippen molar-refractivity contribution in [2.45, 2.75) is 33.7 Å². The summed E-state index contributed by atoms with van der Waals surface area (Å²) >= 11 is 0. The van der Waals surface area contributed by atoms with Gasteiger partial charge in [0.05, 0.1) is 12.2 Å². The predicted molar refractivity (Wildman–Crippen MR) is 125 cm³/mol. The van der Waals surface area contributed by atoms with Crippen molar-refractivity contribution in [3.8, 4) is 11.4 Å². The molecule has 0 unspecified atom stereocenters. The maximum absolute atomic E-state index is 13.0. The molecule has 2 heterocycles. The highest BCUT2D eigenvalue weighted by atomic mass is 16.2. The minimum atomic E-state index is -0.0915. The lowest BCUT2D eigenvalue weighted by Gasteiger charge is -2.31. The minimum absolute atomic E-state index is 0.0915. The van der Waals surface area contributed by atoms with Gasteiger partial charge in [0, 0.05) is 43.4 Å². The lowest BCUT2D eigenvalue weighted by Crippen LogP contribution is -2.40. The number of nitrogens with zero attached hydrogens (tertiary/aromatic N) is 4. The van der Waals surface area contributed by atoms with Crippen LogP contribution in [-0.4, -0.2) is 41.0 Å². The molecule has 0 saturated heterocycles. The normalized spacial score (nSPS) is 13.0. The second-order valence-corrected chi connectivity index (χ2v) is 8.08. The van der Waals surface area contributed by atoms with Gasteiger partial charge in [0.1, 0.15) is 5.82 Å². The van der Waals surface area contributed by atoms with Gasteiger partial charge in [-0.1, -0.05) is 36.4 Å². The number of amides is 2. The summed E-state index contributed by atoms with van der Waals surface area (Å²) in [5, 5.41) is 3.04. The topological polar surface area (TPSA) is 61.4 Å². The van der Waals surface area contributed by atoms with E-state index in [2.05, 4.69) is 31.0 Å². The van der Waals surface area contributed by atoms with Crippen molar-refractivity contribution in [3.63, 3.8) is 0 Å². The highest BCUT2D eigenvalue weighted by molar-refractivity contribution is 5.89. The first-order valence-electron chi connectivity index (χ1n) is 10.8. The van der Waals surface area contributed by atoms with Gasteiger partial charge in [-0.15, -0.1) is 0 Å². The van der Waals surface area contributed by atoms with Crippen molar-refractivity contribution in [2.24, 2.45) is 0 Å². The minimum Gasteiger partial charge on any atom is -0.360 e. The Hall–Kier alpha value is -3.41. The van der Waals surface area contributed by atoms with Crippen LogP contribution in [0.2, 0.25) is 0 Å². The standard InChI is InChI=1S/C25H29N5O/c1-5-29(4)24-21-16-30(25(31)26-20-12-11-17(2)18(3)15-20)14-13-22(21)27-23(28-24)19-9-7-6-8-10-19/h6-12,15H,5,13-14,16H2,1-4H3,(H,26,31). The molecule has 2 aromatic carbocycles. The van der Waals surface area contributed by atoms with E-state index in [1.54, 1.807) is 0 Å². The lowest BCUT2D eigenvalue weighted by molar-refractivity contribution is 0.206. The fourth-order valence-corrected chi connectivity index (χ4v) is 3.77. The molecule has 0 spiro atoms. The molecule has 0 radical (unpaired) electrons. The number of carbonyl (C=O) groups is 1. The lowest BCUT2D eigenvalue weighted by atomic mass is 10.0. The molecule has 31 heavy (non-hydrogen) atoms. The van der Waals surface area contributed by atoms with E-state index in [-0.39, 0.29) is 6.03 Å². The molecule has 1 aromatic heterocycles. The Kier molecular flexibility index (Phi) is 5.89. The Morgan fingerprint density at radius 2 is 1.87 bits per heavy atom. The average molecular weight is 416 g/mol. The third-order valence-electron chi connectivity index (χ3n) is 5.95. The third kappa shape index (κ3) is 4.38. The quantitative estimate of drug-likeness (QED) is 0.664. The number of nitrogens with one attached hydrogen (secondary N) is 1. The SMILES string of the molecule is CCN(C)c1nc(-c2ccccc2)nc2c1CN(C(=O)Nc1ccc(C)c(C)c1)CC2. The Morgan fingerprint density at radius 3 is 2.58 bits per heavy atom. The first-order chi connectivity index (χ1) is 15.0. The van der Waals surface area contributed by atoms with Gasteiger partial charge in [-0.3, -0.25) is 0 Å². The van der Waals surface area contributed by atoms with Gasteiger partial charge in [-0.2, -0.15) is 0 Å². The molecule has 6 nitrogen and oxygen atoms in total. The van der Waals surface area contributed by atoms with Crippen LogP contribution in [0.4, 0.5) is 16.3 Å². The number of rotatable bonds is 4. The van der Waals surface area contributed by atoms with Crippen LogP contribution in [0.5, 0.6) is 0 Å². The average Bonchev–Trinajstić information content (AvgIpc) is 2.80. The Morgan fingerprint density at radius 1 is 1.10 bits per heavy atom. The molecule has 1 N–H and O–H groups in total. The van der Waals surface area contributed by atoms with Gasteiger partial charge in [0.25, 0.3) is 0 Å². The number of aryl methyl sites for hydroxylation is 2. The van der Waals surface area contributed by atoms with Gasteiger partial charge in [-0.25, -0.2) is 14.8 Å². The largest absolute Gasteiger partial charge is 0.360 e. The second-order valence-electron chi connectivity index (χ2n) is 8.08. The van der Waals surface area contributed by atoms with Crippen molar-refractivity contribution < 1.29 is 4.79 Å². The first kappa shape index (κ1) is 20.8. The number of urea groups is 1. The van der Waals surface area contributed by atoms with E-state index in [1.165, 1.54) is 5.56 Å². The van der Waals surface area contributed by atoms with Crippen LogP contribution in [0.25, 0.3) is 11.4 Å². The first-order valence-corrected chi connectivity index (χ1v) is 10.8. The maximum atomic E-state index is 13.0. The van der Waals surface area contributed by atoms with E-state index in [9.17, 15) is 4.79 Å². The number of hydrogen-bond acceptors (Lipinski definition) is 4. The van der Waals surface area contributed by atoms with E-state index in [0.29, 0.717) is 19.5 Å². The van der Waals surface area contributed by atoms with Crippen LogP contribution in [0.3, 0.4) is 0 Å². The zero-order valence-corrected chi connectivity index (χ0v) is 18.6. The molecule has 2 amide bonds. The van der Waals surface area contributed by atoms with E-state index in [1.807, 2.05) is 60.5 Å². The molecule has 160 valence electrons. The summed E-state index contributed by atoms with van der Waals surface area (Å²) in [7, 11) is 2.03. The fraction of sp³-hybridized carbons (Fsp3) is 0.320. The molecular weight excluding hydrogens is 386 g/mol. The number of carbonyl (C=O) groups excluding carboxylic acids is 1. The summed E-state index contributed by atoms with van der Waals surface area (Å²) in [6, 6.07) is 16.0. The summed E-state index contributed by atoms with van der Waals surface area (Å²) < 4.78 is 0. The van der Waals surface area contributed by atoms with Crippen molar-refractivity contribution in [1.29, 1.82) is 0 Å². The van der Waals surface area contributed by atoms with E-state index in [4.69, 9.17) is 9.97 Å². The van der Waals surface area contributed by atoms with E-state index in [0.717, 1.165) is 46.3 Å². The monoisotopic (exact) mass is 415 g/mol. The van der Waals surface area contributed by atoms with Gasteiger partial charge in [-0.05, 0) is 44.0 Å². The number of anilines is 2. The molecule has 6 heteroatoms. The highest BCUT2D eigenvalue weighted by Gasteiger charge is 2.27. The summed E-state index contributed by atoms with van der Waals surface area (Å²) in [6.07, 6.45) is 0.711. The fourth-order valence-electron chi connectivity index (χ4n) is 3.77. The maximum Gasteiger partial charge on any atom is 0.322 e. The molecule has 0 aliphatic carbocycles. The van der Waals surface area contributed by atoms with Crippen LogP contribution in [0.1, 0.15) is 29.3 Å². The summed E-state index contributed by atoms with van der Waals surface area (Å²) in [4.78, 5) is 26.7. The van der Waals surface area contributed by atoms with Crippen molar-refractivity contribution in [3.05, 3.63) is 70.9 Å². The van der Waals surface area contributed by atoms with Crippen LogP contribution in [0.15, 0.2) is 48.5 Å². The van der Waals surface area contributed by atoms with Crippen molar-refractivity contribution >= 4 is 17.5 Å². The molecule has 0 fully saturated rings. The summed E-state index contributed by atoms with van der Waals surface area (Å²) in [5.74, 6) is 1.64. The second kappa shape index (κ2) is 8.76. The predicted octanol–water partition coefficient (Wildman–Crippen LogP) is 4.81. The van der Waals surface area contributed by atoms with Crippen molar-refractivity contribution in [1.82, 2.24) is 14.9 Å². The van der Waals surface area contributed by atoms with Crippen LogP contribution < -0.4 is 10.2 Å². The number of benzene rings is 2. The van der Waals surface area contributed by atoms with Crippen LogP contribution >= 0.6 is 0 Å². The third-order valence-corrected chi connectivity index (χ3v) is 5.95. The van der Waals surface area contributed by atoms with Crippen molar-refractivity contribution in [2.75, 3.05) is 30.4 Å². The zero-order valence-electron chi connectivity index (χ0n) is 18.6. The van der Waals surface area contributed by atoms with Crippen LogP contribution in [0, 0.1) is 13.8 Å². The molecule has 4 rings (SSSR count). The zero-order chi connectivity index (χ0) is 22.0. The number of hydrogen-bond donors (Lipinski definition) is 1. The number of fused-ring (bicyclic) bond motifs is 1. The molecular formula is C25H29N5O. The van der Waals surface area contributed by atoms with Gasteiger partial charge in [0.2, 0.25) is 0 Å². The molecule has 1 aliphatic heterocycles. The Bertz CT molecular complexity index is 1100. The molecule has 0 saturated carbocycles. The van der Waals surface area contributed by atoms with Gasteiger partial charge in [0.15, 0.2) is 5.82 Å². The van der Waals surface area contributed by atoms with Gasteiger partial charge >= 0.3 is 6.03 Å². The Labute approximate surface area is 183 Å². The molecule has 0 atom stereocenters.